The van der Waals surface area contributed by atoms with Gasteiger partial charge in [-0.05, 0) is 31.0 Å². The van der Waals surface area contributed by atoms with Crippen LogP contribution in [0, 0.1) is 5.92 Å². The third kappa shape index (κ3) is 7.55. The molecule has 0 radical (unpaired) electrons. The van der Waals surface area contributed by atoms with Crippen molar-refractivity contribution in [2.45, 2.75) is 52.0 Å². The van der Waals surface area contributed by atoms with E-state index in [-0.39, 0.29) is 0 Å². The lowest BCUT2D eigenvalue weighted by atomic mass is 9.96. The quantitative estimate of drug-likeness (QED) is 0.566. The van der Waals surface area contributed by atoms with Crippen molar-refractivity contribution >= 4 is 17.3 Å². The first-order valence-corrected chi connectivity index (χ1v) is 7.21. The van der Waals surface area contributed by atoms with Gasteiger partial charge in [0.1, 0.15) is 0 Å². The third-order valence-electron chi connectivity index (χ3n) is 2.92. The van der Waals surface area contributed by atoms with E-state index in [2.05, 4.69) is 24.5 Å². The average molecular weight is 258 g/mol. The highest BCUT2D eigenvalue weighted by Gasteiger charge is 2.13. The predicted molar refractivity (Wildman–Crippen MR) is 76.3 cm³/mol. The molecule has 1 rings (SSSR count). The number of hydrogen-bond donors (Lipinski definition) is 2. The lowest BCUT2D eigenvalue weighted by molar-refractivity contribution is 0.114. The zero-order valence-corrected chi connectivity index (χ0v) is 11.9. The third-order valence-corrected chi connectivity index (χ3v) is 3.19. The number of thiocarbonyl (C=S) groups is 1. The first-order chi connectivity index (χ1) is 8.18. The van der Waals surface area contributed by atoms with Crippen molar-refractivity contribution in [2.24, 2.45) is 5.92 Å². The van der Waals surface area contributed by atoms with Crippen LogP contribution in [0.4, 0.5) is 0 Å². The van der Waals surface area contributed by atoms with Crippen LogP contribution in [-0.4, -0.2) is 30.9 Å². The maximum Gasteiger partial charge on any atom is 0.166 e. The van der Waals surface area contributed by atoms with Crippen LogP contribution in [0.1, 0.15) is 46.0 Å². The molecule has 1 saturated carbocycles. The van der Waals surface area contributed by atoms with Gasteiger partial charge in [0.05, 0.1) is 6.61 Å². The standard InChI is InChI=1S/C13H26N2OS/c1-11(2)10-16-9-8-14-13(17)15-12-6-4-3-5-7-12/h11-12H,3-10H2,1-2H3,(H2,14,15,17). The second-order valence-electron chi connectivity index (χ2n) is 5.20. The Morgan fingerprint density at radius 1 is 1.29 bits per heavy atom. The van der Waals surface area contributed by atoms with Gasteiger partial charge in [-0.2, -0.15) is 0 Å². The molecule has 1 aliphatic carbocycles. The highest BCUT2D eigenvalue weighted by molar-refractivity contribution is 7.80. The topological polar surface area (TPSA) is 33.3 Å². The fourth-order valence-electron chi connectivity index (χ4n) is 2.04. The number of ether oxygens (including phenoxy) is 1. The maximum atomic E-state index is 5.49. The van der Waals surface area contributed by atoms with Crippen LogP contribution in [0.2, 0.25) is 0 Å². The van der Waals surface area contributed by atoms with E-state index in [1.807, 2.05) is 0 Å². The largest absolute Gasteiger partial charge is 0.379 e. The molecule has 2 N–H and O–H groups in total. The number of nitrogens with one attached hydrogen (secondary N) is 2. The molecule has 1 fully saturated rings. The summed E-state index contributed by atoms with van der Waals surface area (Å²) in [5.74, 6) is 0.599. The first-order valence-electron chi connectivity index (χ1n) is 6.80. The van der Waals surface area contributed by atoms with E-state index in [4.69, 9.17) is 17.0 Å². The molecule has 0 atom stereocenters. The van der Waals surface area contributed by atoms with Crippen molar-refractivity contribution in [1.82, 2.24) is 10.6 Å². The van der Waals surface area contributed by atoms with Crippen LogP contribution in [0.15, 0.2) is 0 Å². The number of rotatable bonds is 6. The lowest BCUT2D eigenvalue weighted by Crippen LogP contribution is -2.43. The summed E-state index contributed by atoms with van der Waals surface area (Å²) in [6.45, 7) is 6.66. The number of hydrogen-bond acceptors (Lipinski definition) is 2. The molecule has 0 aliphatic heterocycles. The van der Waals surface area contributed by atoms with Crippen LogP contribution in [0.5, 0.6) is 0 Å². The Morgan fingerprint density at radius 3 is 2.65 bits per heavy atom. The minimum Gasteiger partial charge on any atom is -0.379 e. The van der Waals surface area contributed by atoms with Crippen LogP contribution in [-0.2, 0) is 4.74 Å². The maximum absolute atomic E-state index is 5.49. The lowest BCUT2D eigenvalue weighted by Gasteiger charge is -2.24. The molecule has 0 aromatic heterocycles. The summed E-state index contributed by atoms with van der Waals surface area (Å²) >= 11 is 5.26. The second kappa shape index (κ2) is 8.70. The highest BCUT2D eigenvalue weighted by Crippen LogP contribution is 2.17. The van der Waals surface area contributed by atoms with Gasteiger partial charge >= 0.3 is 0 Å². The highest BCUT2D eigenvalue weighted by atomic mass is 32.1. The van der Waals surface area contributed by atoms with E-state index in [0.29, 0.717) is 12.0 Å². The smallest absolute Gasteiger partial charge is 0.166 e. The minimum absolute atomic E-state index is 0.584. The molecule has 0 aromatic carbocycles. The molecule has 0 saturated heterocycles. The Bertz CT molecular complexity index is 215. The monoisotopic (exact) mass is 258 g/mol. The van der Waals surface area contributed by atoms with Gasteiger partial charge in [-0.1, -0.05) is 33.1 Å². The molecule has 0 bridgehead atoms. The summed E-state index contributed by atoms with van der Waals surface area (Å²) in [5.41, 5.74) is 0. The molecule has 17 heavy (non-hydrogen) atoms. The van der Waals surface area contributed by atoms with Gasteiger partial charge in [-0.25, -0.2) is 0 Å². The van der Waals surface area contributed by atoms with Gasteiger partial charge < -0.3 is 15.4 Å². The second-order valence-corrected chi connectivity index (χ2v) is 5.61. The van der Waals surface area contributed by atoms with Crippen molar-refractivity contribution in [3.63, 3.8) is 0 Å². The summed E-state index contributed by atoms with van der Waals surface area (Å²) in [6, 6.07) is 0.584. The predicted octanol–water partition coefficient (Wildman–Crippen LogP) is 2.46. The molecular formula is C13H26N2OS. The van der Waals surface area contributed by atoms with Gasteiger partial charge in [0.15, 0.2) is 5.11 Å². The summed E-state index contributed by atoms with van der Waals surface area (Å²) in [6.07, 6.45) is 6.55. The summed E-state index contributed by atoms with van der Waals surface area (Å²) in [5, 5.41) is 7.36. The van der Waals surface area contributed by atoms with E-state index in [1.165, 1.54) is 32.1 Å². The molecule has 0 amide bonds. The van der Waals surface area contributed by atoms with E-state index in [0.717, 1.165) is 24.9 Å². The van der Waals surface area contributed by atoms with Crippen molar-refractivity contribution in [3.05, 3.63) is 0 Å². The van der Waals surface area contributed by atoms with Gasteiger partial charge in [-0.3, -0.25) is 0 Å². The van der Waals surface area contributed by atoms with E-state index in [9.17, 15) is 0 Å². The van der Waals surface area contributed by atoms with Crippen LogP contribution in [0.3, 0.4) is 0 Å². The first kappa shape index (κ1) is 14.7. The van der Waals surface area contributed by atoms with Crippen LogP contribution < -0.4 is 10.6 Å². The molecule has 0 heterocycles. The Morgan fingerprint density at radius 2 is 2.00 bits per heavy atom. The van der Waals surface area contributed by atoms with Crippen molar-refractivity contribution < 1.29 is 4.74 Å². The molecule has 4 heteroatoms. The SMILES string of the molecule is CC(C)COCCNC(=S)NC1CCCCC1. The molecular weight excluding hydrogens is 232 g/mol. The Hall–Kier alpha value is -0.350. The molecule has 0 unspecified atom stereocenters. The van der Waals surface area contributed by atoms with E-state index in [1.54, 1.807) is 0 Å². The summed E-state index contributed by atoms with van der Waals surface area (Å²) in [7, 11) is 0. The van der Waals surface area contributed by atoms with Gasteiger partial charge in [0.25, 0.3) is 0 Å². The Balaban J connectivity index is 1.97. The van der Waals surface area contributed by atoms with E-state index < -0.39 is 0 Å². The Kier molecular flexibility index (Phi) is 7.53. The van der Waals surface area contributed by atoms with Crippen LogP contribution >= 0.6 is 12.2 Å². The van der Waals surface area contributed by atoms with Crippen molar-refractivity contribution in [2.75, 3.05) is 19.8 Å². The average Bonchev–Trinajstić information content (AvgIpc) is 2.29. The molecule has 1 aliphatic rings. The zero-order chi connectivity index (χ0) is 12.5. The van der Waals surface area contributed by atoms with Crippen molar-refractivity contribution in [3.8, 4) is 0 Å². The fraction of sp³-hybridized carbons (Fsp3) is 0.923. The van der Waals surface area contributed by atoms with Gasteiger partial charge in [0, 0.05) is 19.2 Å². The fourth-order valence-corrected chi connectivity index (χ4v) is 2.31. The summed E-state index contributed by atoms with van der Waals surface area (Å²) < 4.78 is 5.49. The van der Waals surface area contributed by atoms with Gasteiger partial charge in [-0.15, -0.1) is 0 Å². The zero-order valence-electron chi connectivity index (χ0n) is 11.1. The van der Waals surface area contributed by atoms with Gasteiger partial charge in [0.2, 0.25) is 0 Å². The molecule has 100 valence electrons. The molecule has 0 spiro atoms. The van der Waals surface area contributed by atoms with Crippen molar-refractivity contribution in [1.29, 1.82) is 0 Å². The Labute approximate surface area is 111 Å². The molecule has 3 nitrogen and oxygen atoms in total. The normalized spacial score (nSPS) is 17.1. The van der Waals surface area contributed by atoms with E-state index >= 15 is 0 Å². The van der Waals surface area contributed by atoms with Crippen LogP contribution in [0.25, 0.3) is 0 Å². The molecule has 0 aromatic rings. The summed E-state index contributed by atoms with van der Waals surface area (Å²) in [4.78, 5) is 0. The minimum atomic E-state index is 0.584.